The lowest BCUT2D eigenvalue weighted by atomic mass is 9.98. The van der Waals surface area contributed by atoms with Gasteiger partial charge in [-0.3, -0.25) is 5.32 Å². The lowest BCUT2D eigenvalue weighted by Gasteiger charge is -2.31. The summed E-state index contributed by atoms with van der Waals surface area (Å²) in [6.07, 6.45) is 3.57. The molecule has 4 aromatic rings. The summed E-state index contributed by atoms with van der Waals surface area (Å²) < 4.78 is 28.5. The molecule has 5 rings (SSSR count). The Morgan fingerprint density at radius 1 is 0.962 bits per heavy atom. The minimum atomic E-state index is -0.844. The molecule has 1 aliphatic heterocycles. The van der Waals surface area contributed by atoms with Crippen molar-refractivity contribution >= 4 is 46.5 Å². The van der Waals surface area contributed by atoms with Gasteiger partial charge in [-0.25, -0.2) is 9.59 Å². The van der Waals surface area contributed by atoms with Crippen molar-refractivity contribution in [3.05, 3.63) is 115 Å². The summed E-state index contributed by atoms with van der Waals surface area (Å²) >= 11 is 14.1. The summed E-state index contributed by atoms with van der Waals surface area (Å²) in [7, 11) is 4.75. The number of hydrogen-bond donors (Lipinski definition) is 1. The topological polar surface area (TPSA) is 123 Å². The van der Waals surface area contributed by atoms with Crippen LogP contribution >= 0.6 is 34.5 Å². The van der Waals surface area contributed by atoms with Gasteiger partial charge in [0.15, 0.2) is 23.9 Å². The van der Waals surface area contributed by atoms with Crippen molar-refractivity contribution < 1.29 is 38.0 Å². The smallest absolute Gasteiger partial charge is 0.348 e. The molecule has 0 amide bonds. The van der Waals surface area contributed by atoms with E-state index in [-0.39, 0.29) is 22.4 Å². The summed E-state index contributed by atoms with van der Waals surface area (Å²) in [5.74, 6) is 0.354. The standard InChI is InChI=1S/C38H43Cl2N3O8S/c1-47-18-17-42-15-13-25(14-16-42)24-50-38(45)36(26-7-5-4-6-8-26)41-21-28-10-12-35(52-28)37(44)51-33(20-29-30(39)22-43(46)23-31(29)40)27-9-11-32(48-2)34(19-27)49-3/h4-12,19,22-23,25,33,36,41H,13-18,20-21,24H2,1-3H3. The zero-order valence-electron chi connectivity index (χ0n) is 29.3. The number of methoxy groups -OCH3 is 3. The van der Waals surface area contributed by atoms with Crippen LogP contribution in [0.1, 0.15) is 56.2 Å². The van der Waals surface area contributed by atoms with Crippen molar-refractivity contribution in [3.8, 4) is 11.5 Å². The van der Waals surface area contributed by atoms with E-state index in [1.807, 2.05) is 36.4 Å². The molecule has 0 aliphatic carbocycles. The van der Waals surface area contributed by atoms with E-state index >= 15 is 0 Å². The van der Waals surface area contributed by atoms with Crippen LogP contribution in [-0.4, -0.2) is 71.0 Å². The Hall–Kier alpha value is -3.91. The van der Waals surface area contributed by atoms with E-state index < -0.39 is 18.1 Å². The number of carbonyl (C=O) groups is 2. The van der Waals surface area contributed by atoms with E-state index in [1.54, 1.807) is 31.4 Å². The van der Waals surface area contributed by atoms with E-state index in [0.29, 0.717) is 57.9 Å². The Morgan fingerprint density at radius 3 is 2.35 bits per heavy atom. The van der Waals surface area contributed by atoms with Crippen molar-refractivity contribution in [2.45, 2.75) is 38.0 Å². The molecule has 2 aromatic carbocycles. The first-order valence-electron chi connectivity index (χ1n) is 16.9. The quantitative estimate of drug-likeness (QED) is 0.0716. The number of halogens is 2. The number of likely N-dealkylation sites (tertiary alicyclic amines) is 1. The first kappa shape index (κ1) is 39.3. The number of carbonyl (C=O) groups excluding carboxylic acids is 2. The van der Waals surface area contributed by atoms with Crippen molar-refractivity contribution in [1.82, 2.24) is 10.2 Å². The molecular formula is C38H43Cl2N3O8S. The van der Waals surface area contributed by atoms with Gasteiger partial charge in [-0.15, -0.1) is 11.3 Å². The van der Waals surface area contributed by atoms with Gasteiger partial charge in [-0.1, -0.05) is 59.6 Å². The summed E-state index contributed by atoms with van der Waals surface area (Å²) in [4.78, 5) is 30.6. The number of hydrogen-bond acceptors (Lipinski definition) is 11. The van der Waals surface area contributed by atoms with Crippen molar-refractivity contribution in [3.63, 3.8) is 0 Å². The first-order valence-corrected chi connectivity index (χ1v) is 18.5. The van der Waals surface area contributed by atoms with Gasteiger partial charge in [0.1, 0.15) is 27.1 Å². The highest BCUT2D eigenvalue weighted by atomic mass is 35.5. The largest absolute Gasteiger partial charge is 0.619 e. The number of thiophene rings is 1. The third-order valence-electron chi connectivity index (χ3n) is 8.97. The molecule has 1 fully saturated rings. The van der Waals surface area contributed by atoms with Crippen molar-refractivity contribution in [2.75, 3.05) is 54.2 Å². The molecule has 0 saturated carbocycles. The predicted molar refractivity (Wildman–Crippen MR) is 199 cm³/mol. The fraction of sp³-hybridized carbons (Fsp3) is 0.395. The zero-order chi connectivity index (χ0) is 37.0. The molecule has 14 heteroatoms. The molecule has 0 spiro atoms. The van der Waals surface area contributed by atoms with Gasteiger partial charge in [0.25, 0.3) is 0 Å². The fourth-order valence-corrected chi connectivity index (χ4v) is 7.47. The van der Waals surface area contributed by atoms with Crippen LogP contribution in [0.3, 0.4) is 0 Å². The van der Waals surface area contributed by atoms with Crippen molar-refractivity contribution in [1.29, 1.82) is 0 Å². The van der Waals surface area contributed by atoms with Gasteiger partial charge in [0, 0.05) is 37.1 Å². The van der Waals surface area contributed by atoms with Gasteiger partial charge < -0.3 is 33.8 Å². The van der Waals surface area contributed by atoms with E-state index in [2.05, 4.69) is 10.2 Å². The number of rotatable bonds is 17. The average Bonchev–Trinajstić information content (AvgIpc) is 3.64. The third kappa shape index (κ3) is 10.6. The van der Waals surface area contributed by atoms with Crippen LogP contribution in [0.25, 0.3) is 0 Å². The lowest BCUT2D eigenvalue weighted by molar-refractivity contribution is -0.605. The van der Waals surface area contributed by atoms with Gasteiger partial charge in [-0.05, 0) is 67.2 Å². The maximum atomic E-state index is 13.6. The number of esters is 2. The number of pyridine rings is 1. The van der Waals surface area contributed by atoms with Crippen LogP contribution in [0.5, 0.6) is 11.5 Å². The Balaban J connectivity index is 1.26. The van der Waals surface area contributed by atoms with E-state index in [1.165, 1.54) is 38.0 Å². The maximum absolute atomic E-state index is 13.6. The van der Waals surface area contributed by atoms with Crippen LogP contribution in [-0.2, 0) is 32.0 Å². The highest BCUT2D eigenvalue weighted by Crippen LogP contribution is 2.36. The Bertz CT molecular complexity index is 1760. The summed E-state index contributed by atoms with van der Waals surface area (Å²) in [6, 6.07) is 17.5. The molecule has 1 saturated heterocycles. The van der Waals surface area contributed by atoms with E-state index in [0.717, 1.165) is 42.9 Å². The monoisotopic (exact) mass is 771 g/mol. The number of benzene rings is 2. The van der Waals surface area contributed by atoms with E-state index in [4.69, 9.17) is 46.9 Å². The maximum Gasteiger partial charge on any atom is 0.348 e. The Morgan fingerprint density at radius 2 is 1.67 bits per heavy atom. The van der Waals surface area contributed by atoms with Crippen LogP contribution in [0, 0.1) is 11.1 Å². The molecule has 11 nitrogen and oxygen atoms in total. The molecule has 52 heavy (non-hydrogen) atoms. The number of nitrogens with one attached hydrogen (secondary N) is 1. The number of ether oxygens (including phenoxy) is 5. The lowest BCUT2D eigenvalue weighted by Crippen LogP contribution is -2.38. The zero-order valence-corrected chi connectivity index (χ0v) is 31.7. The second kappa shape index (κ2) is 19.2. The SMILES string of the molecule is COCCN1CCC(COC(=O)C(NCc2ccc(C(=O)OC(Cc3c(Cl)c[n+]([O-])cc3Cl)c3ccc(OC)c(OC)c3)s2)c2ccccc2)CC1. The molecule has 0 bridgehead atoms. The van der Waals surface area contributed by atoms with Gasteiger partial charge in [-0.2, -0.15) is 4.73 Å². The summed E-state index contributed by atoms with van der Waals surface area (Å²) in [6.45, 7) is 4.21. The van der Waals surface area contributed by atoms with Crippen LogP contribution in [0.2, 0.25) is 10.0 Å². The highest BCUT2D eigenvalue weighted by Gasteiger charge is 2.27. The van der Waals surface area contributed by atoms with Crippen LogP contribution in [0.15, 0.2) is 73.1 Å². The number of piperidine rings is 1. The average molecular weight is 773 g/mol. The Labute approximate surface area is 317 Å². The molecular weight excluding hydrogens is 729 g/mol. The van der Waals surface area contributed by atoms with Gasteiger partial charge in [0.05, 0.1) is 27.4 Å². The van der Waals surface area contributed by atoms with E-state index in [9.17, 15) is 14.8 Å². The first-order chi connectivity index (χ1) is 25.2. The van der Waals surface area contributed by atoms with Crippen molar-refractivity contribution in [2.24, 2.45) is 5.92 Å². The molecule has 2 atom stereocenters. The highest BCUT2D eigenvalue weighted by molar-refractivity contribution is 7.13. The number of aromatic nitrogens is 1. The van der Waals surface area contributed by atoms with Crippen LogP contribution < -0.4 is 19.5 Å². The normalized spacial score (nSPS) is 14.8. The Kier molecular flexibility index (Phi) is 14.5. The molecule has 278 valence electrons. The molecule has 2 aromatic heterocycles. The molecule has 1 aliphatic rings. The second-order valence-electron chi connectivity index (χ2n) is 12.4. The van der Waals surface area contributed by atoms with Gasteiger partial charge in [0.2, 0.25) is 0 Å². The third-order valence-corrected chi connectivity index (χ3v) is 10.7. The predicted octanol–water partition coefficient (Wildman–Crippen LogP) is 6.58. The minimum Gasteiger partial charge on any atom is -0.619 e. The minimum absolute atomic E-state index is 0.0906. The number of nitrogens with zero attached hydrogens (tertiary/aromatic N) is 2. The molecule has 2 unspecified atom stereocenters. The molecule has 3 heterocycles. The molecule has 1 N–H and O–H groups in total. The summed E-state index contributed by atoms with van der Waals surface area (Å²) in [5.41, 5.74) is 1.85. The summed E-state index contributed by atoms with van der Waals surface area (Å²) in [5, 5.41) is 15.5. The fourth-order valence-electron chi connectivity index (χ4n) is 6.03. The van der Waals surface area contributed by atoms with Gasteiger partial charge >= 0.3 is 11.9 Å². The van der Waals surface area contributed by atoms with Crippen LogP contribution in [0.4, 0.5) is 0 Å². The molecule has 0 radical (unpaired) electrons. The second-order valence-corrected chi connectivity index (χ2v) is 14.4.